The molecule has 0 saturated carbocycles. The number of carbonyl (C=O) groups excluding carboxylic acids is 2. The highest BCUT2D eigenvalue weighted by atomic mass is 32.2. The molecular weight excluding hydrogens is 440 g/mol. The molecule has 0 atom stereocenters. The van der Waals surface area contributed by atoms with Crippen molar-refractivity contribution in [2.75, 3.05) is 0 Å². The number of esters is 2. The number of rotatable bonds is 4. The molecule has 164 valence electrons. The first kappa shape index (κ1) is 21.2. The number of para-hydroxylation sites is 1. The Hall–Kier alpha value is -3.99. The Morgan fingerprint density at radius 3 is 2.31 bits per heavy atom. The predicted octanol–water partition coefficient (Wildman–Crippen LogP) is 3.01. The summed E-state index contributed by atoms with van der Waals surface area (Å²) in [5, 5.41) is 11.7. The van der Waals surface area contributed by atoms with Gasteiger partial charge in [-0.15, -0.1) is 0 Å². The quantitative estimate of drug-likeness (QED) is 0.192. The van der Waals surface area contributed by atoms with Crippen molar-refractivity contribution < 1.29 is 32.4 Å². The van der Waals surface area contributed by atoms with Crippen LogP contribution in [0.25, 0.3) is 17.0 Å². The van der Waals surface area contributed by atoms with Crippen LogP contribution in [0.5, 0.6) is 0 Å². The van der Waals surface area contributed by atoms with E-state index in [1.165, 1.54) is 56.5 Å². The van der Waals surface area contributed by atoms with Crippen molar-refractivity contribution in [2.24, 2.45) is 0 Å². The lowest BCUT2D eigenvalue weighted by Gasteiger charge is -2.29. The van der Waals surface area contributed by atoms with Gasteiger partial charge in [0, 0.05) is 31.5 Å². The van der Waals surface area contributed by atoms with E-state index in [-0.39, 0.29) is 11.1 Å². The first-order valence-electron chi connectivity index (χ1n) is 9.29. The number of hydrogen-bond donors (Lipinski definition) is 0. The number of aromatic nitrogens is 1. The second-order valence-corrected chi connectivity index (χ2v) is 9.14. The first-order valence-corrected chi connectivity index (χ1v) is 10.7. The summed E-state index contributed by atoms with van der Waals surface area (Å²) in [6.07, 6.45) is 2.50. The fourth-order valence-corrected chi connectivity index (χ4v) is 4.88. The van der Waals surface area contributed by atoms with Crippen molar-refractivity contribution in [3.63, 3.8) is 0 Å². The normalized spacial score (nSPS) is 15.9. The van der Waals surface area contributed by atoms with Gasteiger partial charge in [-0.3, -0.25) is 10.1 Å². The van der Waals surface area contributed by atoms with Crippen LogP contribution < -0.4 is 0 Å². The molecule has 0 N–H and O–H groups in total. The fraction of sp³-hybridized carbons (Fsp3) is 0.143. The van der Waals surface area contributed by atoms with Crippen LogP contribution in [0.1, 0.15) is 19.4 Å². The summed E-state index contributed by atoms with van der Waals surface area (Å²) in [4.78, 5) is 34.6. The van der Waals surface area contributed by atoms with E-state index in [4.69, 9.17) is 9.47 Å². The lowest BCUT2D eigenvalue weighted by molar-refractivity contribution is -0.387. The minimum Gasteiger partial charge on any atom is -0.419 e. The van der Waals surface area contributed by atoms with Gasteiger partial charge in [0.2, 0.25) is 0 Å². The third kappa shape index (κ3) is 3.52. The van der Waals surface area contributed by atoms with Gasteiger partial charge in [0.1, 0.15) is 5.57 Å². The molecule has 3 aromatic rings. The van der Waals surface area contributed by atoms with Crippen molar-refractivity contribution in [1.29, 1.82) is 0 Å². The zero-order chi connectivity index (χ0) is 23.3. The standard InChI is InChI=1S/C21H16N2O8S/c1-21(2)30-19(24)15(20(25)31-21)12-13-6-5-8-16-14(13)10-11-22(16)32(28,29)18-9-4-3-7-17(18)23(26)27/h3-12H,1-2H3. The maximum atomic E-state index is 13.2. The first-order chi connectivity index (χ1) is 15.0. The number of nitrogens with zero attached hydrogens (tertiary/aromatic N) is 2. The van der Waals surface area contributed by atoms with Gasteiger partial charge in [0.15, 0.2) is 4.90 Å². The largest absolute Gasteiger partial charge is 0.419 e. The van der Waals surface area contributed by atoms with Gasteiger partial charge >= 0.3 is 11.9 Å². The molecule has 11 heteroatoms. The Balaban J connectivity index is 1.85. The molecule has 0 aliphatic carbocycles. The highest BCUT2D eigenvalue weighted by Gasteiger charge is 2.39. The second kappa shape index (κ2) is 7.31. The lowest BCUT2D eigenvalue weighted by atomic mass is 10.1. The van der Waals surface area contributed by atoms with Crippen LogP contribution >= 0.6 is 0 Å². The van der Waals surface area contributed by atoms with Gasteiger partial charge in [-0.2, -0.15) is 0 Å². The van der Waals surface area contributed by atoms with Crippen LogP contribution in [0.15, 0.2) is 65.2 Å². The number of carbonyl (C=O) groups is 2. The molecular formula is C21H16N2O8S. The zero-order valence-corrected chi connectivity index (χ0v) is 17.7. The van der Waals surface area contributed by atoms with Gasteiger partial charge in [-0.1, -0.05) is 24.3 Å². The maximum Gasteiger partial charge on any atom is 0.348 e. The van der Waals surface area contributed by atoms with E-state index in [9.17, 15) is 28.1 Å². The van der Waals surface area contributed by atoms with Crippen molar-refractivity contribution in [3.8, 4) is 0 Å². The summed E-state index contributed by atoms with van der Waals surface area (Å²) in [6.45, 7) is 2.85. The van der Waals surface area contributed by atoms with Crippen LogP contribution in [0.3, 0.4) is 0 Å². The van der Waals surface area contributed by atoms with Crippen LogP contribution in [0.4, 0.5) is 5.69 Å². The molecule has 2 aromatic carbocycles. The molecule has 0 unspecified atom stereocenters. The number of ether oxygens (including phenoxy) is 2. The predicted molar refractivity (Wildman–Crippen MR) is 112 cm³/mol. The monoisotopic (exact) mass is 456 g/mol. The van der Waals surface area contributed by atoms with Gasteiger partial charge in [0.05, 0.1) is 10.4 Å². The highest BCUT2D eigenvalue weighted by molar-refractivity contribution is 7.90. The van der Waals surface area contributed by atoms with Crippen molar-refractivity contribution >= 4 is 44.6 Å². The van der Waals surface area contributed by atoms with E-state index in [2.05, 4.69) is 0 Å². The summed E-state index contributed by atoms with van der Waals surface area (Å²) < 4.78 is 37.5. The highest BCUT2D eigenvalue weighted by Crippen LogP contribution is 2.31. The van der Waals surface area contributed by atoms with E-state index in [0.717, 1.165) is 16.1 Å². The van der Waals surface area contributed by atoms with E-state index >= 15 is 0 Å². The zero-order valence-electron chi connectivity index (χ0n) is 16.8. The molecule has 1 aliphatic rings. The number of hydrogen-bond acceptors (Lipinski definition) is 8. The molecule has 0 radical (unpaired) electrons. The third-order valence-corrected chi connectivity index (χ3v) is 6.48. The second-order valence-electron chi connectivity index (χ2n) is 7.36. The molecule has 1 aromatic heterocycles. The van der Waals surface area contributed by atoms with E-state index < -0.39 is 43.3 Å². The van der Waals surface area contributed by atoms with Crippen LogP contribution in [-0.4, -0.2) is 35.0 Å². The molecule has 1 aliphatic heterocycles. The van der Waals surface area contributed by atoms with E-state index in [1.807, 2.05) is 0 Å². The molecule has 2 heterocycles. The SMILES string of the molecule is CC1(C)OC(=O)C(=Cc2cccc3c2ccn3S(=O)(=O)c2ccccc2[N+](=O)[O-])C(=O)O1. The van der Waals surface area contributed by atoms with Crippen molar-refractivity contribution in [3.05, 3.63) is 76.0 Å². The molecule has 0 spiro atoms. The topological polar surface area (TPSA) is 135 Å². The molecule has 10 nitrogen and oxygen atoms in total. The summed E-state index contributed by atoms with van der Waals surface area (Å²) in [7, 11) is -4.31. The molecule has 1 saturated heterocycles. The van der Waals surface area contributed by atoms with Crippen LogP contribution in [-0.2, 0) is 29.1 Å². The van der Waals surface area contributed by atoms with Gasteiger partial charge in [0.25, 0.3) is 21.5 Å². The molecule has 4 rings (SSSR count). The van der Waals surface area contributed by atoms with Crippen molar-refractivity contribution in [2.45, 2.75) is 24.5 Å². The number of fused-ring (bicyclic) bond motifs is 1. The number of benzene rings is 2. The summed E-state index contributed by atoms with van der Waals surface area (Å²) in [6, 6.07) is 11.1. The van der Waals surface area contributed by atoms with Gasteiger partial charge < -0.3 is 9.47 Å². The Bertz CT molecular complexity index is 1410. The smallest absolute Gasteiger partial charge is 0.348 e. The Kier molecular flexibility index (Phi) is 4.85. The van der Waals surface area contributed by atoms with Gasteiger partial charge in [-0.05, 0) is 29.8 Å². The fourth-order valence-electron chi connectivity index (χ4n) is 3.37. The average molecular weight is 456 g/mol. The minimum atomic E-state index is -4.31. The Morgan fingerprint density at radius 1 is 1.00 bits per heavy atom. The number of nitro benzene ring substituents is 1. The molecule has 0 bridgehead atoms. The van der Waals surface area contributed by atoms with Crippen LogP contribution in [0.2, 0.25) is 0 Å². The average Bonchev–Trinajstić information content (AvgIpc) is 3.16. The summed E-state index contributed by atoms with van der Waals surface area (Å²) in [5.41, 5.74) is -0.327. The molecule has 1 fully saturated rings. The Morgan fingerprint density at radius 2 is 1.66 bits per heavy atom. The van der Waals surface area contributed by atoms with E-state index in [0.29, 0.717) is 10.9 Å². The summed E-state index contributed by atoms with van der Waals surface area (Å²) in [5.74, 6) is -3.12. The number of cyclic esters (lactones) is 2. The lowest BCUT2D eigenvalue weighted by Crippen LogP contribution is -2.41. The number of nitro groups is 1. The summed E-state index contributed by atoms with van der Waals surface area (Å²) >= 11 is 0. The minimum absolute atomic E-state index is 0.204. The Labute approximate surface area is 181 Å². The molecule has 0 amide bonds. The third-order valence-electron chi connectivity index (χ3n) is 4.75. The van der Waals surface area contributed by atoms with Crippen molar-refractivity contribution in [1.82, 2.24) is 3.97 Å². The molecule has 32 heavy (non-hydrogen) atoms. The van der Waals surface area contributed by atoms with E-state index in [1.54, 1.807) is 6.07 Å². The van der Waals surface area contributed by atoms with Crippen LogP contribution in [0, 0.1) is 10.1 Å². The maximum absolute atomic E-state index is 13.2. The van der Waals surface area contributed by atoms with Gasteiger partial charge in [-0.25, -0.2) is 22.0 Å².